The number of methoxy groups -OCH3 is 3. The van der Waals surface area contributed by atoms with Crippen LogP contribution in [0, 0.1) is 11.8 Å². The fraction of sp³-hybridized carbons (Fsp3) is 0.586. The lowest BCUT2D eigenvalue weighted by Crippen LogP contribution is -2.49. The van der Waals surface area contributed by atoms with E-state index in [1.807, 2.05) is 29.8 Å². The van der Waals surface area contributed by atoms with Crippen LogP contribution >= 0.6 is 0 Å². The van der Waals surface area contributed by atoms with Crippen molar-refractivity contribution in [3.05, 3.63) is 30.0 Å². The fourth-order valence-electron chi connectivity index (χ4n) is 4.96. The van der Waals surface area contributed by atoms with Gasteiger partial charge < -0.3 is 24.8 Å². The highest BCUT2D eigenvalue weighted by Gasteiger charge is 2.29. The van der Waals surface area contributed by atoms with Gasteiger partial charge in [0.25, 0.3) is 5.91 Å². The third kappa shape index (κ3) is 7.52. The standard InChI is InChI=1S/C29H42N4O6/c1-18(2)19(3)33-23(27-24(37-4)13-10-14-25(27)38-5)16-22(32-33)29(36)31-21(15-20-11-8-7-9-12-20)28(35)30-17-26(34)39-6/h10,13-14,16,18-21H,7-9,11-12,15,17H2,1-6H3,(H,30,35)(H,31,36). The van der Waals surface area contributed by atoms with Gasteiger partial charge in [-0.25, -0.2) is 0 Å². The van der Waals surface area contributed by atoms with E-state index in [0.29, 0.717) is 35.1 Å². The number of rotatable bonds is 12. The van der Waals surface area contributed by atoms with Gasteiger partial charge in [-0.3, -0.25) is 19.1 Å². The van der Waals surface area contributed by atoms with Crippen LogP contribution in [-0.2, 0) is 14.3 Å². The number of nitrogens with one attached hydrogen (secondary N) is 2. The van der Waals surface area contributed by atoms with E-state index in [-0.39, 0.29) is 24.2 Å². The molecule has 0 radical (unpaired) electrons. The van der Waals surface area contributed by atoms with Gasteiger partial charge in [0.2, 0.25) is 5.91 Å². The van der Waals surface area contributed by atoms with E-state index in [1.165, 1.54) is 13.5 Å². The van der Waals surface area contributed by atoms with E-state index in [0.717, 1.165) is 25.7 Å². The van der Waals surface area contributed by atoms with Crippen molar-refractivity contribution in [2.24, 2.45) is 11.8 Å². The van der Waals surface area contributed by atoms with Gasteiger partial charge in [0.15, 0.2) is 5.69 Å². The van der Waals surface area contributed by atoms with Gasteiger partial charge >= 0.3 is 5.97 Å². The van der Waals surface area contributed by atoms with Crippen molar-refractivity contribution in [2.45, 2.75) is 71.4 Å². The molecule has 0 bridgehead atoms. The summed E-state index contributed by atoms with van der Waals surface area (Å²) >= 11 is 0. The molecule has 10 nitrogen and oxygen atoms in total. The van der Waals surface area contributed by atoms with Gasteiger partial charge in [-0.2, -0.15) is 5.10 Å². The van der Waals surface area contributed by atoms with E-state index >= 15 is 0 Å². The van der Waals surface area contributed by atoms with Gasteiger partial charge in [-0.15, -0.1) is 0 Å². The van der Waals surface area contributed by atoms with E-state index < -0.39 is 23.8 Å². The SMILES string of the molecule is COC(=O)CNC(=O)C(CC1CCCCC1)NC(=O)c1cc(-c2c(OC)cccc2OC)n(C(C)C(C)C)n1. The molecule has 1 aromatic carbocycles. The minimum absolute atomic E-state index is 0.0439. The average molecular weight is 543 g/mol. The Morgan fingerprint density at radius 3 is 2.23 bits per heavy atom. The van der Waals surface area contributed by atoms with Gasteiger partial charge in [0.05, 0.1) is 38.6 Å². The van der Waals surface area contributed by atoms with Crippen LogP contribution in [0.1, 0.15) is 75.8 Å². The summed E-state index contributed by atoms with van der Waals surface area (Å²) in [6.07, 6.45) is 5.91. The van der Waals surface area contributed by atoms with Gasteiger partial charge in [-0.1, -0.05) is 52.0 Å². The normalized spacial score (nSPS) is 15.4. The number of ether oxygens (including phenoxy) is 3. The number of hydrogen-bond donors (Lipinski definition) is 2. The van der Waals surface area contributed by atoms with Crippen LogP contribution in [0.15, 0.2) is 24.3 Å². The summed E-state index contributed by atoms with van der Waals surface area (Å²) in [7, 11) is 4.43. The molecule has 1 heterocycles. The van der Waals surface area contributed by atoms with Crippen LogP contribution in [0.5, 0.6) is 11.5 Å². The first kappa shape index (κ1) is 30.0. The molecular formula is C29H42N4O6. The van der Waals surface area contributed by atoms with Crippen LogP contribution in [0.4, 0.5) is 0 Å². The lowest BCUT2D eigenvalue weighted by Gasteiger charge is -2.26. The lowest BCUT2D eigenvalue weighted by molar-refractivity contribution is -0.141. The second kappa shape index (κ2) is 14.0. The highest BCUT2D eigenvalue weighted by Crippen LogP contribution is 2.40. The molecule has 2 N–H and O–H groups in total. The molecule has 2 unspecified atom stereocenters. The molecule has 0 spiro atoms. The number of benzene rings is 1. The van der Waals surface area contributed by atoms with Gasteiger partial charge in [-0.05, 0) is 43.4 Å². The van der Waals surface area contributed by atoms with Crippen molar-refractivity contribution in [1.29, 1.82) is 0 Å². The van der Waals surface area contributed by atoms with Gasteiger partial charge in [0.1, 0.15) is 24.1 Å². The van der Waals surface area contributed by atoms with Crippen LogP contribution in [0.2, 0.25) is 0 Å². The molecule has 214 valence electrons. The van der Waals surface area contributed by atoms with E-state index in [1.54, 1.807) is 20.3 Å². The Morgan fingerprint density at radius 1 is 1.03 bits per heavy atom. The summed E-state index contributed by atoms with van der Waals surface area (Å²) in [6.45, 7) is 5.95. The number of esters is 1. The van der Waals surface area contributed by atoms with Gasteiger partial charge in [0, 0.05) is 0 Å². The Labute approximate surface area is 230 Å². The van der Waals surface area contributed by atoms with Crippen molar-refractivity contribution in [3.8, 4) is 22.8 Å². The predicted molar refractivity (Wildman–Crippen MR) is 148 cm³/mol. The zero-order valence-electron chi connectivity index (χ0n) is 23.9. The number of aromatic nitrogens is 2. The Hall–Kier alpha value is -3.56. The molecule has 1 aliphatic carbocycles. The first-order chi connectivity index (χ1) is 18.7. The van der Waals surface area contributed by atoms with Crippen molar-refractivity contribution < 1.29 is 28.6 Å². The Morgan fingerprint density at radius 2 is 1.67 bits per heavy atom. The average Bonchev–Trinajstić information content (AvgIpc) is 3.39. The summed E-state index contributed by atoms with van der Waals surface area (Å²) in [5.41, 5.74) is 1.55. The number of amides is 2. The molecular weight excluding hydrogens is 500 g/mol. The molecule has 1 saturated carbocycles. The zero-order chi connectivity index (χ0) is 28.5. The second-order valence-corrected chi connectivity index (χ2v) is 10.4. The van der Waals surface area contributed by atoms with Crippen molar-refractivity contribution in [3.63, 3.8) is 0 Å². The maximum absolute atomic E-state index is 13.6. The number of carbonyl (C=O) groups is 3. The molecule has 39 heavy (non-hydrogen) atoms. The monoisotopic (exact) mass is 542 g/mol. The van der Waals surface area contributed by atoms with Crippen LogP contribution in [0.25, 0.3) is 11.3 Å². The first-order valence-corrected chi connectivity index (χ1v) is 13.7. The molecule has 2 atom stereocenters. The first-order valence-electron chi connectivity index (χ1n) is 13.7. The van der Waals surface area contributed by atoms with Crippen LogP contribution < -0.4 is 20.1 Å². The second-order valence-electron chi connectivity index (χ2n) is 10.4. The molecule has 1 fully saturated rings. The minimum Gasteiger partial charge on any atom is -0.496 e. The highest BCUT2D eigenvalue weighted by atomic mass is 16.5. The Kier molecular flexibility index (Phi) is 10.8. The minimum atomic E-state index is -0.804. The summed E-state index contributed by atoms with van der Waals surface area (Å²) in [5, 5.41) is 10.2. The highest BCUT2D eigenvalue weighted by molar-refractivity contribution is 5.97. The largest absolute Gasteiger partial charge is 0.496 e. The third-order valence-corrected chi connectivity index (χ3v) is 7.55. The maximum atomic E-state index is 13.6. The number of nitrogens with zero attached hydrogens (tertiary/aromatic N) is 2. The molecule has 0 aliphatic heterocycles. The Bertz CT molecular complexity index is 1120. The van der Waals surface area contributed by atoms with Crippen LogP contribution in [0.3, 0.4) is 0 Å². The summed E-state index contributed by atoms with van der Waals surface area (Å²) < 4.78 is 17.7. The van der Waals surface area contributed by atoms with E-state index in [9.17, 15) is 14.4 Å². The molecule has 1 aromatic heterocycles. The number of carbonyl (C=O) groups excluding carboxylic acids is 3. The van der Waals surface area contributed by atoms with Crippen LogP contribution in [-0.4, -0.2) is 61.5 Å². The zero-order valence-corrected chi connectivity index (χ0v) is 23.9. The van der Waals surface area contributed by atoms with Crippen molar-refractivity contribution in [1.82, 2.24) is 20.4 Å². The maximum Gasteiger partial charge on any atom is 0.325 e. The summed E-state index contributed by atoms with van der Waals surface area (Å²) in [4.78, 5) is 38.3. The topological polar surface area (TPSA) is 121 Å². The lowest BCUT2D eigenvalue weighted by atomic mass is 9.84. The van der Waals surface area contributed by atoms with E-state index in [2.05, 4.69) is 29.2 Å². The predicted octanol–water partition coefficient (Wildman–Crippen LogP) is 4.14. The summed E-state index contributed by atoms with van der Waals surface area (Å²) in [6, 6.07) is 6.37. The van der Waals surface area contributed by atoms with Crippen molar-refractivity contribution in [2.75, 3.05) is 27.9 Å². The molecule has 10 heteroatoms. The Balaban J connectivity index is 1.95. The molecule has 3 rings (SSSR count). The molecule has 2 aromatic rings. The fourth-order valence-corrected chi connectivity index (χ4v) is 4.96. The summed E-state index contributed by atoms with van der Waals surface area (Å²) in [5.74, 6) is 0.299. The third-order valence-electron chi connectivity index (χ3n) is 7.55. The molecule has 1 aliphatic rings. The van der Waals surface area contributed by atoms with Crippen molar-refractivity contribution >= 4 is 17.8 Å². The van der Waals surface area contributed by atoms with E-state index in [4.69, 9.17) is 14.6 Å². The molecule has 2 amide bonds. The molecule has 0 saturated heterocycles. The smallest absolute Gasteiger partial charge is 0.325 e. The quantitative estimate of drug-likeness (QED) is 0.387. The number of hydrogen-bond acceptors (Lipinski definition) is 7.